The monoisotopic (exact) mass is 276 g/mol. The van der Waals surface area contributed by atoms with Gasteiger partial charge in [0, 0.05) is 17.8 Å². The van der Waals surface area contributed by atoms with Crippen molar-refractivity contribution >= 4 is 0 Å². The predicted octanol–water partition coefficient (Wildman–Crippen LogP) is 3.77. The summed E-state index contributed by atoms with van der Waals surface area (Å²) in [6.45, 7) is 10.5. The van der Waals surface area contributed by atoms with Crippen LogP contribution in [-0.2, 0) is 6.54 Å². The topological polar surface area (TPSA) is 34.2 Å². The van der Waals surface area contributed by atoms with E-state index in [0.717, 1.165) is 43.4 Å². The van der Waals surface area contributed by atoms with Gasteiger partial charge in [-0.2, -0.15) is 0 Å². The predicted molar refractivity (Wildman–Crippen MR) is 83.1 cm³/mol. The molecule has 3 heteroatoms. The molecule has 0 aliphatic heterocycles. The lowest BCUT2D eigenvalue weighted by atomic mass is 9.89. The molecule has 1 aromatic rings. The molecule has 0 unspecified atom stereocenters. The molecule has 0 saturated heterocycles. The van der Waals surface area contributed by atoms with Crippen molar-refractivity contribution < 1.29 is 4.74 Å². The van der Waals surface area contributed by atoms with Crippen molar-refractivity contribution in [2.75, 3.05) is 6.54 Å². The summed E-state index contributed by atoms with van der Waals surface area (Å²) in [7, 11) is 0. The first kappa shape index (κ1) is 15.3. The smallest absolute Gasteiger partial charge is 0.218 e. The van der Waals surface area contributed by atoms with Gasteiger partial charge in [0.05, 0.1) is 0 Å². The van der Waals surface area contributed by atoms with Crippen LogP contribution < -0.4 is 10.1 Å². The van der Waals surface area contributed by atoms with Crippen LogP contribution in [0.1, 0.15) is 56.4 Å². The van der Waals surface area contributed by atoms with E-state index in [2.05, 4.69) is 37.1 Å². The summed E-state index contributed by atoms with van der Waals surface area (Å²) in [4.78, 5) is 4.64. The maximum atomic E-state index is 6.24. The maximum Gasteiger partial charge on any atom is 0.218 e. The van der Waals surface area contributed by atoms with Gasteiger partial charge in [0.1, 0.15) is 6.10 Å². The molecule has 0 amide bonds. The minimum absolute atomic E-state index is 0.347. The average molecular weight is 276 g/mol. The fourth-order valence-corrected chi connectivity index (χ4v) is 2.90. The van der Waals surface area contributed by atoms with Gasteiger partial charge in [-0.1, -0.05) is 13.8 Å². The van der Waals surface area contributed by atoms with Crippen LogP contribution in [0.2, 0.25) is 0 Å². The average Bonchev–Trinajstić information content (AvgIpc) is 2.40. The first-order valence-corrected chi connectivity index (χ1v) is 7.94. The summed E-state index contributed by atoms with van der Waals surface area (Å²) >= 11 is 0. The molecule has 1 fully saturated rings. The zero-order valence-corrected chi connectivity index (χ0v) is 13.3. The van der Waals surface area contributed by atoms with Crippen LogP contribution in [0.5, 0.6) is 5.88 Å². The third-order valence-corrected chi connectivity index (χ3v) is 4.23. The van der Waals surface area contributed by atoms with E-state index < -0.39 is 0 Å². The van der Waals surface area contributed by atoms with Gasteiger partial charge in [0.15, 0.2) is 0 Å². The van der Waals surface area contributed by atoms with Crippen LogP contribution in [0.15, 0.2) is 6.07 Å². The number of nitrogens with one attached hydrogen (secondary N) is 1. The fourth-order valence-electron chi connectivity index (χ4n) is 2.90. The summed E-state index contributed by atoms with van der Waals surface area (Å²) < 4.78 is 6.24. The Morgan fingerprint density at radius 3 is 2.60 bits per heavy atom. The normalized spacial score (nSPS) is 22.8. The van der Waals surface area contributed by atoms with E-state index in [9.17, 15) is 0 Å². The van der Waals surface area contributed by atoms with Crippen LogP contribution in [-0.4, -0.2) is 17.6 Å². The van der Waals surface area contributed by atoms with Crippen LogP contribution in [0, 0.1) is 19.8 Å². The van der Waals surface area contributed by atoms with Crippen molar-refractivity contribution in [2.24, 2.45) is 5.92 Å². The van der Waals surface area contributed by atoms with Gasteiger partial charge >= 0.3 is 0 Å². The van der Waals surface area contributed by atoms with Gasteiger partial charge < -0.3 is 10.1 Å². The van der Waals surface area contributed by atoms with E-state index in [1.165, 1.54) is 24.0 Å². The molecule has 20 heavy (non-hydrogen) atoms. The number of aryl methyl sites for hydroxylation is 2. The molecule has 1 saturated carbocycles. The van der Waals surface area contributed by atoms with Gasteiger partial charge in [-0.05, 0) is 63.6 Å². The highest BCUT2D eigenvalue weighted by molar-refractivity contribution is 5.36. The van der Waals surface area contributed by atoms with Crippen molar-refractivity contribution in [3.63, 3.8) is 0 Å². The lowest BCUT2D eigenvalue weighted by Gasteiger charge is -2.27. The molecule has 0 spiro atoms. The number of rotatable bonds is 5. The highest BCUT2D eigenvalue weighted by atomic mass is 16.5. The summed E-state index contributed by atoms with van der Waals surface area (Å²) in [5.74, 6) is 1.70. The van der Waals surface area contributed by atoms with E-state index in [0.29, 0.717) is 6.10 Å². The Labute approximate surface area is 123 Å². The number of hydrogen-bond acceptors (Lipinski definition) is 3. The van der Waals surface area contributed by atoms with Crippen LogP contribution in [0.25, 0.3) is 0 Å². The third kappa shape index (κ3) is 3.95. The Hall–Kier alpha value is -1.09. The van der Waals surface area contributed by atoms with Crippen molar-refractivity contribution in [2.45, 2.75) is 66.0 Å². The molecule has 0 bridgehead atoms. The number of ether oxygens (including phenoxy) is 1. The van der Waals surface area contributed by atoms with Gasteiger partial charge in [-0.15, -0.1) is 0 Å². The molecule has 0 aromatic carbocycles. The van der Waals surface area contributed by atoms with E-state index in [1.807, 2.05) is 6.92 Å². The molecule has 0 radical (unpaired) electrons. The quantitative estimate of drug-likeness (QED) is 0.889. The number of aromatic nitrogens is 1. The lowest BCUT2D eigenvalue weighted by Crippen LogP contribution is -2.25. The van der Waals surface area contributed by atoms with Crippen LogP contribution in [0.4, 0.5) is 0 Å². The number of nitrogens with zero attached hydrogens (tertiary/aromatic N) is 1. The standard InChI is InChI=1S/C17H28N2O/c1-5-18-11-16-13(3)10-14(4)19-17(16)20-15-8-6-12(2)7-9-15/h10,12,15,18H,5-9,11H2,1-4H3. The second-order valence-electron chi connectivity index (χ2n) is 6.14. The molecule has 2 rings (SSSR count). The first-order chi connectivity index (χ1) is 9.60. The highest BCUT2D eigenvalue weighted by Crippen LogP contribution is 2.29. The fraction of sp³-hybridized carbons (Fsp3) is 0.706. The van der Waals surface area contributed by atoms with E-state index in [4.69, 9.17) is 4.74 Å². The summed E-state index contributed by atoms with van der Waals surface area (Å²) in [6, 6.07) is 2.14. The second-order valence-corrected chi connectivity index (χ2v) is 6.14. The SMILES string of the molecule is CCNCc1c(C)cc(C)nc1OC1CCC(C)CC1. The van der Waals surface area contributed by atoms with E-state index in [1.54, 1.807) is 0 Å². The molecular weight excluding hydrogens is 248 g/mol. The molecular formula is C17H28N2O. The minimum atomic E-state index is 0.347. The lowest BCUT2D eigenvalue weighted by molar-refractivity contribution is 0.128. The van der Waals surface area contributed by atoms with Crippen LogP contribution >= 0.6 is 0 Å². The summed E-state index contributed by atoms with van der Waals surface area (Å²) in [6.07, 6.45) is 5.23. The molecule has 1 N–H and O–H groups in total. The Bertz CT molecular complexity index is 437. The van der Waals surface area contributed by atoms with Crippen molar-refractivity contribution in [1.29, 1.82) is 0 Å². The zero-order valence-electron chi connectivity index (χ0n) is 13.3. The molecule has 1 aliphatic rings. The Kier molecular flexibility index (Phi) is 5.41. The van der Waals surface area contributed by atoms with Gasteiger partial charge in [-0.3, -0.25) is 0 Å². The van der Waals surface area contributed by atoms with Gasteiger partial charge in [-0.25, -0.2) is 4.98 Å². The molecule has 1 heterocycles. The largest absolute Gasteiger partial charge is 0.474 e. The summed E-state index contributed by atoms with van der Waals surface area (Å²) in [5, 5.41) is 3.39. The highest BCUT2D eigenvalue weighted by Gasteiger charge is 2.21. The van der Waals surface area contributed by atoms with E-state index in [-0.39, 0.29) is 0 Å². The van der Waals surface area contributed by atoms with E-state index >= 15 is 0 Å². The molecule has 1 aromatic heterocycles. The van der Waals surface area contributed by atoms with Gasteiger partial charge in [0.25, 0.3) is 0 Å². The molecule has 3 nitrogen and oxygen atoms in total. The second kappa shape index (κ2) is 7.07. The Balaban J connectivity index is 2.12. The van der Waals surface area contributed by atoms with Gasteiger partial charge in [0.2, 0.25) is 5.88 Å². The Morgan fingerprint density at radius 2 is 1.95 bits per heavy atom. The molecule has 1 aliphatic carbocycles. The zero-order chi connectivity index (χ0) is 14.5. The molecule has 0 atom stereocenters. The van der Waals surface area contributed by atoms with Crippen molar-refractivity contribution in [3.8, 4) is 5.88 Å². The van der Waals surface area contributed by atoms with Crippen molar-refractivity contribution in [3.05, 3.63) is 22.9 Å². The maximum absolute atomic E-state index is 6.24. The number of hydrogen-bond donors (Lipinski definition) is 1. The summed E-state index contributed by atoms with van der Waals surface area (Å²) in [5.41, 5.74) is 3.54. The van der Waals surface area contributed by atoms with Crippen LogP contribution in [0.3, 0.4) is 0 Å². The molecule has 112 valence electrons. The third-order valence-electron chi connectivity index (χ3n) is 4.23. The number of pyridine rings is 1. The Morgan fingerprint density at radius 1 is 1.25 bits per heavy atom. The minimum Gasteiger partial charge on any atom is -0.474 e. The van der Waals surface area contributed by atoms with Crippen molar-refractivity contribution in [1.82, 2.24) is 10.3 Å². The first-order valence-electron chi connectivity index (χ1n) is 7.94.